The number of rotatable bonds is 5. The predicted molar refractivity (Wildman–Crippen MR) is 66.9 cm³/mol. The SMILES string of the molecule is C#CONC(C)C1C(CC)CC(C(C)=O)N1C. The highest BCUT2D eigenvalue weighted by Gasteiger charge is 2.42. The summed E-state index contributed by atoms with van der Waals surface area (Å²) in [5.74, 6) is 0.733. The summed E-state index contributed by atoms with van der Waals surface area (Å²) in [6, 6.07) is 0.410. The van der Waals surface area contributed by atoms with E-state index in [1.807, 2.05) is 14.0 Å². The van der Waals surface area contributed by atoms with Crippen LogP contribution < -0.4 is 5.48 Å². The van der Waals surface area contributed by atoms with Gasteiger partial charge in [-0.1, -0.05) is 19.8 Å². The number of Topliss-reactive ketones (excluding diaryl/α,β-unsaturated/α-hetero) is 1. The molecule has 0 amide bonds. The van der Waals surface area contributed by atoms with Crippen LogP contribution in [0.5, 0.6) is 0 Å². The van der Waals surface area contributed by atoms with Gasteiger partial charge in [-0.3, -0.25) is 9.69 Å². The average molecular weight is 238 g/mol. The summed E-state index contributed by atoms with van der Waals surface area (Å²) in [5, 5.41) is 0. The first-order valence-electron chi connectivity index (χ1n) is 6.12. The Balaban J connectivity index is 2.74. The molecule has 1 aliphatic heterocycles. The fourth-order valence-corrected chi connectivity index (χ4v) is 2.95. The molecule has 4 unspecified atom stereocenters. The van der Waals surface area contributed by atoms with Crippen molar-refractivity contribution in [3.8, 4) is 12.5 Å². The number of hydrogen-bond acceptors (Lipinski definition) is 4. The van der Waals surface area contributed by atoms with Crippen LogP contribution in [0.1, 0.15) is 33.6 Å². The van der Waals surface area contributed by atoms with Crippen LogP contribution in [0.15, 0.2) is 0 Å². The van der Waals surface area contributed by atoms with E-state index in [4.69, 9.17) is 11.3 Å². The van der Waals surface area contributed by atoms with Crippen molar-refractivity contribution in [3.05, 3.63) is 0 Å². The van der Waals surface area contributed by atoms with Gasteiger partial charge in [-0.25, -0.2) is 0 Å². The monoisotopic (exact) mass is 238 g/mol. The van der Waals surface area contributed by atoms with Crippen molar-refractivity contribution < 1.29 is 9.63 Å². The third-order valence-corrected chi connectivity index (χ3v) is 3.78. The second-order valence-electron chi connectivity index (χ2n) is 4.81. The zero-order valence-corrected chi connectivity index (χ0v) is 11.1. The largest absolute Gasteiger partial charge is 0.356 e. The lowest BCUT2D eigenvalue weighted by Gasteiger charge is -2.31. The molecule has 0 radical (unpaired) electrons. The van der Waals surface area contributed by atoms with Crippen molar-refractivity contribution in [2.45, 2.75) is 51.7 Å². The smallest absolute Gasteiger partial charge is 0.146 e. The Kier molecular flexibility index (Phi) is 4.98. The highest BCUT2D eigenvalue weighted by atomic mass is 16.6. The van der Waals surface area contributed by atoms with E-state index in [9.17, 15) is 4.79 Å². The van der Waals surface area contributed by atoms with Crippen molar-refractivity contribution in [2.75, 3.05) is 7.05 Å². The number of terminal acetylenes is 1. The molecule has 0 aromatic carbocycles. The first kappa shape index (κ1) is 14.0. The Hall–Kier alpha value is -1.05. The highest BCUT2D eigenvalue weighted by Crippen LogP contribution is 2.33. The average Bonchev–Trinajstić information content (AvgIpc) is 2.63. The minimum Gasteiger partial charge on any atom is -0.356 e. The van der Waals surface area contributed by atoms with E-state index in [-0.39, 0.29) is 23.9 Å². The summed E-state index contributed by atoms with van der Waals surface area (Å²) in [6.45, 7) is 5.85. The molecule has 1 N–H and O–H groups in total. The number of likely N-dealkylation sites (tertiary alicyclic amines) is 1. The summed E-state index contributed by atoms with van der Waals surface area (Å²) in [5.41, 5.74) is 2.84. The van der Waals surface area contributed by atoms with Gasteiger partial charge >= 0.3 is 0 Å². The molecule has 1 fully saturated rings. The van der Waals surface area contributed by atoms with Crippen LogP contribution in [0.3, 0.4) is 0 Å². The molecule has 0 aliphatic carbocycles. The number of carbonyl (C=O) groups excluding carboxylic acids is 1. The zero-order chi connectivity index (χ0) is 13.0. The number of likely N-dealkylation sites (N-methyl/N-ethyl adjacent to an activating group) is 1. The molecule has 4 heteroatoms. The van der Waals surface area contributed by atoms with Crippen LogP contribution >= 0.6 is 0 Å². The molecule has 1 aliphatic rings. The summed E-state index contributed by atoms with van der Waals surface area (Å²) in [6.07, 6.45) is 9.14. The summed E-state index contributed by atoms with van der Waals surface area (Å²) in [4.78, 5) is 18.5. The molecule has 0 bridgehead atoms. The van der Waals surface area contributed by atoms with Crippen molar-refractivity contribution in [1.82, 2.24) is 10.4 Å². The molecular weight excluding hydrogens is 216 g/mol. The molecular formula is C13H22N2O2. The fraction of sp³-hybridized carbons (Fsp3) is 0.769. The quantitative estimate of drug-likeness (QED) is 0.577. The molecule has 4 nitrogen and oxygen atoms in total. The number of ketones is 1. The summed E-state index contributed by atoms with van der Waals surface area (Å²) in [7, 11) is 2.00. The van der Waals surface area contributed by atoms with E-state index in [1.165, 1.54) is 0 Å². The van der Waals surface area contributed by atoms with Crippen LogP contribution in [0, 0.1) is 18.4 Å². The molecule has 1 rings (SSSR count). The van der Waals surface area contributed by atoms with E-state index >= 15 is 0 Å². The van der Waals surface area contributed by atoms with E-state index in [0.717, 1.165) is 12.8 Å². The van der Waals surface area contributed by atoms with Gasteiger partial charge in [0.15, 0.2) is 0 Å². The molecule has 0 saturated carbocycles. The second kappa shape index (κ2) is 6.04. The first-order valence-corrected chi connectivity index (χ1v) is 6.12. The number of hydroxylamine groups is 1. The highest BCUT2D eigenvalue weighted by molar-refractivity contribution is 5.81. The van der Waals surface area contributed by atoms with Crippen LogP contribution in [0.25, 0.3) is 0 Å². The van der Waals surface area contributed by atoms with E-state index in [1.54, 1.807) is 6.92 Å². The predicted octanol–water partition coefficient (Wildman–Crippen LogP) is 1.17. The molecule has 1 saturated heterocycles. The van der Waals surface area contributed by atoms with Crippen LogP contribution in [-0.2, 0) is 9.63 Å². The topological polar surface area (TPSA) is 41.6 Å². The van der Waals surface area contributed by atoms with E-state index in [0.29, 0.717) is 5.92 Å². The van der Waals surface area contributed by atoms with Gasteiger partial charge in [0.2, 0.25) is 0 Å². The maximum absolute atomic E-state index is 11.6. The lowest BCUT2D eigenvalue weighted by Crippen LogP contribution is -2.48. The minimum atomic E-state index is 0.0278. The molecule has 0 spiro atoms. The normalized spacial score (nSPS) is 30.9. The maximum atomic E-state index is 11.6. The van der Waals surface area contributed by atoms with Gasteiger partial charge in [-0.05, 0) is 33.2 Å². The Morgan fingerprint density at radius 2 is 2.35 bits per heavy atom. The summed E-state index contributed by atoms with van der Waals surface area (Å²) >= 11 is 0. The van der Waals surface area contributed by atoms with Crippen molar-refractivity contribution in [1.29, 1.82) is 0 Å². The third-order valence-electron chi connectivity index (χ3n) is 3.78. The lowest BCUT2D eigenvalue weighted by atomic mass is 9.92. The minimum absolute atomic E-state index is 0.0278. The number of carbonyl (C=O) groups is 1. The van der Waals surface area contributed by atoms with Gasteiger partial charge in [-0.15, -0.1) is 5.48 Å². The van der Waals surface area contributed by atoms with Gasteiger partial charge < -0.3 is 4.84 Å². The third kappa shape index (κ3) is 2.99. The van der Waals surface area contributed by atoms with Crippen molar-refractivity contribution in [3.63, 3.8) is 0 Å². The number of nitrogens with one attached hydrogen (secondary N) is 1. The molecule has 17 heavy (non-hydrogen) atoms. The van der Waals surface area contributed by atoms with Gasteiger partial charge in [0.25, 0.3) is 0 Å². The van der Waals surface area contributed by atoms with Crippen LogP contribution in [0.2, 0.25) is 0 Å². The molecule has 0 aromatic heterocycles. The molecule has 96 valence electrons. The Morgan fingerprint density at radius 1 is 1.71 bits per heavy atom. The van der Waals surface area contributed by atoms with Gasteiger partial charge in [0, 0.05) is 6.04 Å². The Bertz CT molecular complexity index is 311. The fourth-order valence-electron chi connectivity index (χ4n) is 2.95. The molecule has 0 aromatic rings. The van der Waals surface area contributed by atoms with Crippen LogP contribution in [-0.4, -0.2) is 35.9 Å². The first-order chi connectivity index (χ1) is 8.02. The zero-order valence-electron chi connectivity index (χ0n) is 11.1. The Labute approximate surface area is 104 Å². The summed E-state index contributed by atoms with van der Waals surface area (Å²) < 4.78 is 0. The van der Waals surface area contributed by atoms with Crippen molar-refractivity contribution in [2.24, 2.45) is 5.92 Å². The lowest BCUT2D eigenvalue weighted by molar-refractivity contribution is -0.121. The molecule has 4 atom stereocenters. The van der Waals surface area contributed by atoms with Gasteiger partial charge in [-0.2, -0.15) is 0 Å². The molecule has 1 heterocycles. The van der Waals surface area contributed by atoms with E-state index in [2.05, 4.69) is 23.4 Å². The standard InChI is InChI=1S/C13H22N2O2/c1-6-11-8-12(10(4)16)15(5)13(11)9(3)14-17-7-2/h2,9,11-14H,6,8H2,1,3-5H3. The van der Waals surface area contributed by atoms with Crippen LogP contribution in [0.4, 0.5) is 0 Å². The van der Waals surface area contributed by atoms with Gasteiger partial charge in [0.05, 0.1) is 12.1 Å². The van der Waals surface area contributed by atoms with E-state index < -0.39 is 0 Å². The Morgan fingerprint density at radius 3 is 2.82 bits per heavy atom. The maximum Gasteiger partial charge on any atom is 0.146 e. The second-order valence-corrected chi connectivity index (χ2v) is 4.81. The van der Waals surface area contributed by atoms with Gasteiger partial charge in [0.1, 0.15) is 11.9 Å². The van der Waals surface area contributed by atoms with Crippen molar-refractivity contribution >= 4 is 5.78 Å². The number of hydrogen-bond donors (Lipinski definition) is 1. The number of nitrogens with zero attached hydrogens (tertiary/aromatic N) is 1.